The quantitative estimate of drug-likeness (QED) is 0.0184. The number of carbonyl (C=O) groups is 2. The summed E-state index contributed by atoms with van der Waals surface area (Å²) < 4.78 is 71.3. The number of hydrogen-bond donors (Lipinski definition) is 3. The van der Waals surface area contributed by atoms with Gasteiger partial charge in [0.1, 0.15) is 34.8 Å². The lowest BCUT2D eigenvalue weighted by Gasteiger charge is -2.34. The second-order valence-electron chi connectivity index (χ2n) is 22.1. The average molecular weight is 1210 g/mol. The molecule has 0 unspecified atom stereocenters. The molecule has 0 aliphatic carbocycles. The minimum Gasteiger partial charge on any atom is -0.457 e. The fourth-order valence-corrected chi connectivity index (χ4v) is 11.9. The van der Waals surface area contributed by atoms with Gasteiger partial charge in [-0.2, -0.15) is 4.98 Å². The average Bonchev–Trinajstić information content (AvgIpc) is 1.62. The fourth-order valence-electron chi connectivity index (χ4n) is 11.7. The highest BCUT2D eigenvalue weighted by molar-refractivity contribution is 7.80. The van der Waals surface area contributed by atoms with Crippen molar-refractivity contribution in [3.63, 3.8) is 0 Å². The summed E-state index contributed by atoms with van der Waals surface area (Å²) in [6.45, 7) is 13.9. The van der Waals surface area contributed by atoms with Crippen LogP contribution in [0.1, 0.15) is 61.7 Å². The smallest absolute Gasteiger partial charge is 0.457 e. The molecule has 4 aliphatic rings. The van der Waals surface area contributed by atoms with Crippen molar-refractivity contribution in [2.24, 2.45) is 0 Å². The number of halogens is 2. The lowest BCUT2D eigenvalue weighted by molar-refractivity contribution is -0.363. The largest absolute Gasteiger partial charge is 0.737 e. The molecule has 3 N–H and O–H groups in total. The molecule has 19 nitrogen and oxygen atoms in total. The van der Waals surface area contributed by atoms with Gasteiger partial charge >= 0.3 is 6.97 Å². The zero-order valence-electron chi connectivity index (χ0n) is 50.1. The molecule has 0 spiro atoms. The number of thiocarbonyl (C=S) groups is 1. The van der Waals surface area contributed by atoms with Crippen molar-refractivity contribution in [2.75, 3.05) is 124 Å². The number of hydrogen-bond acceptors (Lipinski definition) is 13. The minimum absolute atomic E-state index is 0.0363. The number of para-hydroxylation sites is 1. The van der Waals surface area contributed by atoms with E-state index >= 15 is 8.63 Å². The Hall–Kier alpha value is -7.64. The van der Waals surface area contributed by atoms with E-state index in [-0.39, 0.29) is 24.3 Å². The number of anilines is 1. The Kier molecular flexibility index (Phi) is 21.4. The number of ether oxygens (including phenoxy) is 6. The Labute approximate surface area is 512 Å². The Morgan fingerprint density at radius 1 is 0.736 bits per heavy atom. The first-order valence-corrected chi connectivity index (χ1v) is 30.4. The summed E-state index contributed by atoms with van der Waals surface area (Å²) in [5.74, 6) is 2.59. The molecule has 3 aromatic heterocycles. The molecule has 2 saturated heterocycles. The Morgan fingerprint density at radius 2 is 1.38 bits per heavy atom. The van der Waals surface area contributed by atoms with Crippen LogP contribution in [-0.4, -0.2) is 186 Å². The van der Waals surface area contributed by atoms with Crippen molar-refractivity contribution in [3.05, 3.63) is 156 Å². The highest BCUT2D eigenvalue weighted by atomic mass is 32.1. The Balaban J connectivity index is 0.509. The number of carbonyl (C=O) groups excluding carboxylic acids is 2. The second-order valence-corrected chi connectivity index (χ2v) is 22.5. The van der Waals surface area contributed by atoms with Crippen LogP contribution in [0.25, 0.3) is 16.6 Å². The van der Waals surface area contributed by atoms with Gasteiger partial charge in [-0.3, -0.25) is 19.4 Å². The van der Waals surface area contributed by atoms with Gasteiger partial charge in [-0.15, -0.1) is 0 Å². The van der Waals surface area contributed by atoms with Gasteiger partial charge in [-0.05, 0) is 123 Å². The summed E-state index contributed by atoms with van der Waals surface area (Å²) in [6.07, 6.45) is 11.0. The van der Waals surface area contributed by atoms with Crippen LogP contribution < -0.4 is 25.4 Å². The molecular weight excluding hydrogens is 1130 g/mol. The van der Waals surface area contributed by atoms with Crippen molar-refractivity contribution in [1.82, 2.24) is 44.3 Å². The number of nitrogens with zero attached hydrogens (tertiary/aromatic N) is 8. The maximum atomic E-state index is 16.0. The zero-order chi connectivity index (χ0) is 60.7. The third-order valence-corrected chi connectivity index (χ3v) is 16.2. The summed E-state index contributed by atoms with van der Waals surface area (Å²) in [6, 6.07) is 28.8. The summed E-state index contributed by atoms with van der Waals surface area (Å²) in [7, 11) is 0. The standard InChI is InChI=1S/C64H78BF2N11O8S/c1-46-43-48(3)77-60(46)59(61-47(2)44-49(4)78(61)65(77,66)67)50-12-14-51(15-13-50)72-64(87)69-25-36-82-38-40-84-42-41-83-39-37-81-35-23-57(79)68-24-30-74-33-31-73(32-34-74)26-8-11-58(80)75-27-20-52(21-28-75)76-29-22-56-62(76)63(71-45-70-56)86-55-18-16-54(17-19-55)85-53-9-6-5-7-10-53/h5-19,22,29,43-45,52H,20-21,23-28,30-42H2,1-4H3,(H,68,79)(H2,69,72,87)/b11-8+. The molecule has 460 valence electrons. The van der Waals surface area contributed by atoms with E-state index in [1.165, 1.54) is 15.3 Å². The number of aromatic nitrogens is 4. The normalized spacial score (nSPS) is 16.3. The van der Waals surface area contributed by atoms with E-state index in [1.54, 1.807) is 19.9 Å². The van der Waals surface area contributed by atoms with Gasteiger partial charge in [0.25, 0.3) is 0 Å². The number of aryl methyl sites for hydroxylation is 2. The van der Waals surface area contributed by atoms with Crippen LogP contribution in [0.15, 0.2) is 133 Å². The Morgan fingerprint density at radius 3 is 2.08 bits per heavy atom. The summed E-state index contributed by atoms with van der Waals surface area (Å²) in [5, 5.41) is 9.79. The topological polar surface area (TPSA) is 174 Å². The number of amides is 2. The van der Waals surface area contributed by atoms with E-state index in [1.807, 2.05) is 128 Å². The van der Waals surface area contributed by atoms with Crippen LogP contribution in [0.4, 0.5) is 14.3 Å². The van der Waals surface area contributed by atoms with E-state index in [2.05, 4.69) is 40.3 Å². The predicted octanol–water partition coefficient (Wildman–Crippen LogP) is 8.76. The van der Waals surface area contributed by atoms with Crippen LogP contribution in [0.2, 0.25) is 0 Å². The third-order valence-electron chi connectivity index (χ3n) is 16.0. The fraction of sp³-hybridized carbons (Fsp3) is 0.406. The molecule has 10 rings (SSSR count). The zero-order valence-corrected chi connectivity index (χ0v) is 50.9. The number of allylic oxidation sites excluding steroid dienone is 2. The highest BCUT2D eigenvalue weighted by Gasteiger charge is 2.55. The van der Waals surface area contributed by atoms with Crippen molar-refractivity contribution in [1.29, 1.82) is 0 Å². The number of likely N-dealkylation sites (tertiary alicyclic amines) is 1. The summed E-state index contributed by atoms with van der Waals surface area (Å²) in [5.41, 5.74) is 7.84. The summed E-state index contributed by atoms with van der Waals surface area (Å²) >= 11 is 5.51. The summed E-state index contributed by atoms with van der Waals surface area (Å²) in [4.78, 5) is 41.3. The van der Waals surface area contributed by atoms with Gasteiger partial charge < -0.3 is 71.4 Å². The van der Waals surface area contributed by atoms with Gasteiger partial charge in [0.05, 0.1) is 63.9 Å². The molecule has 87 heavy (non-hydrogen) atoms. The van der Waals surface area contributed by atoms with Crippen LogP contribution >= 0.6 is 12.2 Å². The van der Waals surface area contributed by atoms with Gasteiger partial charge in [-0.25, -0.2) is 4.98 Å². The number of rotatable bonds is 28. The minimum atomic E-state index is -4.03. The number of benzene rings is 3. The van der Waals surface area contributed by atoms with Gasteiger partial charge in [0.2, 0.25) is 17.7 Å². The number of nitrogens with one attached hydrogen (secondary N) is 3. The molecule has 7 heterocycles. The van der Waals surface area contributed by atoms with Crippen LogP contribution in [0.3, 0.4) is 0 Å². The van der Waals surface area contributed by atoms with E-state index in [0.29, 0.717) is 131 Å². The van der Waals surface area contributed by atoms with Crippen LogP contribution in [0, 0.1) is 13.8 Å². The first-order chi connectivity index (χ1) is 42.3. The highest BCUT2D eigenvalue weighted by Crippen LogP contribution is 2.44. The van der Waals surface area contributed by atoms with Crippen molar-refractivity contribution < 1.29 is 51.1 Å². The molecule has 0 atom stereocenters. The predicted molar refractivity (Wildman–Crippen MR) is 337 cm³/mol. The molecular formula is C64H78BF2N11O8S. The van der Waals surface area contributed by atoms with E-state index in [4.69, 9.17) is 40.6 Å². The lowest BCUT2D eigenvalue weighted by Crippen LogP contribution is -2.51. The molecule has 0 radical (unpaired) electrons. The van der Waals surface area contributed by atoms with Gasteiger partial charge in [-0.1, -0.05) is 36.4 Å². The maximum Gasteiger partial charge on any atom is 0.737 e. The maximum absolute atomic E-state index is 16.0. The van der Waals surface area contributed by atoms with E-state index in [0.717, 1.165) is 90.3 Å². The third kappa shape index (κ3) is 15.9. The Bertz CT molecular complexity index is 3470. The van der Waals surface area contributed by atoms with Crippen molar-refractivity contribution in [2.45, 2.75) is 53.0 Å². The second kappa shape index (κ2) is 29.8. The van der Waals surface area contributed by atoms with E-state index < -0.39 is 6.97 Å². The SMILES string of the molecule is CC1=CC(C)=[N+]2C1=C(c1ccc(NC(=S)NCCOCCOCCOCCOCCC(=O)NCCN3CCN(C/C=C/C(=O)N4CCC(n5ccc6ncnc(Oc7ccc(Oc8ccccc8)cc7)c65)CC4)CC3)cc1)c1c(C)cc(C)n1[B-]2(F)F. The van der Waals surface area contributed by atoms with Crippen molar-refractivity contribution >= 4 is 64.1 Å². The monoisotopic (exact) mass is 1210 g/mol. The molecule has 23 heteroatoms. The molecule has 6 aromatic rings. The number of piperazine rings is 1. The molecule has 2 amide bonds. The van der Waals surface area contributed by atoms with Gasteiger partial charge in [0.15, 0.2) is 10.8 Å². The lowest BCUT2D eigenvalue weighted by atomic mass is 9.84. The molecule has 2 fully saturated rings. The first kappa shape index (κ1) is 62.4. The van der Waals surface area contributed by atoms with Crippen LogP contribution in [0.5, 0.6) is 23.1 Å². The van der Waals surface area contributed by atoms with Crippen molar-refractivity contribution in [3.8, 4) is 23.1 Å². The number of piperidine rings is 1. The van der Waals surface area contributed by atoms with E-state index in [9.17, 15) is 9.59 Å². The molecule has 0 saturated carbocycles. The van der Waals surface area contributed by atoms with Gasteiger partial charge in [0, 0.05) is 120 Å². The first-order valence-electron chi connectivity index (χ1n) is 30.0. The van der Waals surface area contributed by atoms with Crippen LogP contribution in [-0.2, 0) is 28.5 Å². The molecule has 0 bridgehead atoms. The number of fused-ring (bicyclic) bond motifs is 3. The molecule has 3 aromatic carbocycles. The molecule has 4 aliphatic heterocycles.